The quantitative estimate of drug-likeness (QED) is 0.217. The minimum atomic E-state index is -0.295. The summed E-state index contributed by atoms with van der Waals surface area (Å²) >= 11 is 1.57. The second-order valence-corrected chi connectivity index (χ2v) is 8.70. The number of benzene rings is 3. The summed E-state index contributed by atoms with van der Waals surface area (Å²) in [6.07, 6.45) is 5.36. The fraction of sp³-hybridized carbons (Fsp3) is 0.0370. The molecule has 0 saturated heterocycles. The van der Waals surface area contributed by atoms with Crippen molar-refractivity contribution in [2.45, 2.75) is 6.92 Å². The van der Waals surface area contributed by atoms with Crippen LogP contribution >= 0.6 is 11.3 Å². The third-order valence-corrected chi connectivity index (χ3v) is 6.16. The number of carbonyl (C=O) groups is 1. The smallest absolute Gasteiger partial charge is 0.194 e. The molecule has 156 valence electrons. The number of allylic oxidation sites excluding steroid dienone is 1. The summed E-state index contributed by atoms with van der Waals surface area (Å²) in [5.74, 6) is -0.381. The standard InChI is InChI=1S/C27H19FN2OS/c1-18-17-30-24(26(29-27(30)32-18)22-11-13-23(28)14-12-22)15-16-25(31)21-9-7-20(8-10-21)19-5-3-2-4-6-19/h2-17H,1H3/b16-15+. The van der Waals surface area contributed by atoms with Gasteiger partial charge in [-0.3, -0.25) is 9.20 Å². The second-order valence-electron chi connectivity index (χ2n) is 7.49. The van der Waals surface area contributed by atoms with E-state index in [0.29, 0.717) is 5.56 Å². The number of halogens is 1. The molecule has 0 aliphatic rings. The summed E-state index contributed by atoms with van der Waals surface area (Å²) in [6, 6.07) is 23.9. The lowest BCUT2D eigenvalue weighted by atomic mass is 10.0. The molecule has 5 heteroatoms. The Labute approximate surface area is 189 Å². The van der Waals surface area contributed by atoms with Crippen LogP contribution in [0.2, 0.25) is 0 Å². The van der Waals surface area contributed by atoms with Gasteiger partial charge in [0.25, 0.3) is 0 Å². The first kappa shape index (κ1) is 20.1. The Morgan fingerprint density at radius 3 is 2.28 bits per heavy atom. The van der Waals surface area contributed by atoms with Gasteiger partial charge in [-0.25, -0.2) is 9.37 Å². The highest BCUT2D eigenvalue weighted by Crippen LogP contribution is 2.29. The summed E-state index contributed by atoms with van der Waals surface area (Å²) in [7, 11) is 0. The maximum atomic E-state index is 13.4. The van der Waals surface area contributed by atoms with Gasteiger partial charge in [-0.05, 0) is 54.5 Å². The van der Waals surface area contributed by atoms with Crippen molar-refractivity contribution < 1.29 is 9.18 Å². The van der Waals surface area contributed by atoms with Crippen molar-refractivity contribution in [2.75, 3.05) is 0 Å². The first-order valence-corrected chi connectivity index (χ1v) is 11.0. The van der Waals surface area contributed by atoms with Crippen molar-refractivity contribution >= 4 is 28.2 Å². The van der Waals surface area contributed by atoms with Crippen LogP contribution < -0.4 is 0 Å². The van der Waals surface area contributed by atoms with Gasteiger partial charge in [0.15, 0.2) is 10.7 Å². The number of hydrogen-bond donors (Lipinski definition) is 0. The minimum absolute atomic E-state index is 0.0865. The fourth-order valence-corrected chi connectivity index (χ4v) is 4.49. The van der Waals surface area contributed by atoms with Crippen molar-refractivity contribution in [3.63, 3.8) is 0 Å². The van der Waals surface area contributed by atoms with Crippen LogP contribution in [-0.4, -0.2) is 15.2 Å². The summed E-state index contributed by atoms with van der Waals surface area (Å²) < 4.78 is 15.4. The summed E-state index contributed by atoms with van der Waals surface area (Å²) in [6.45, 7) is 2.02. The maximum absolute atomic E-state index is 13.4. The molecule has 32 heavy (non-hydrogen) atoms. The van der Waals surface area contributed by atoms with E-state index in [9.17, 15) is 9.18 Å². The molecule has 2 aromatic heterocycles. The van der Waals surface area contributed by atoms with Gasteiger partial charge in [-0.15, -0.1) is 11.3 Å². The monoisotopic (exact) mass is 438 g/mol. The molecule has 0 bridgehead atoms. The zero-order chi connectivity index (χ0) is 22.1. The number of nitrogens with zero attached hydrogens (tertiary/aromatic N) is 2. The second kappa shape index (κ2) is 8.36. The van der Waals surface area contributed by atoms with E-state index in [1.807, 2.05) is 72.1 Å². The highest BCUT2D eigenvalue weighted by Gasteiger charge is 2.15. The normalized spacial score (nSPS) is 11.4. The maximum Gasteiger partial charge on any atom is 0.194 e. The Morgan fingerprint density at radius 1 is 0.906 bits per heavy atom. The van der Waals surface area contributed by atoms with Crippen LogP contribution in [0.4, 0.5) is 4.39 Å². The number of imidazole rings is 1. The third-order valence-electron chi connectivity index (χ3n) is 5.27. The summed E-state index contributed by atoms with van der Waals surface area (Å²) in [5, 5.41) is 0. The first-order valence-electron chi connectivity index (χ1n) is 10.2. The lowest BCUT2D eigenvalue weighted by molar-refractivity contribution is 0.104. The predicted octanol–water partition coefficient (Wildman–Crippen LogP) is 7.07. The number of hydrogen-bond acceptors (Lipinski definition) is 3. The SMILES string of the molecule is Cc1cn2c(/C=C/C(=O)c3ccc(-c4ccccc4)cc3)c(-c3ccc(F)cc3)nc2s1. The average molecular weight is 439 g/mol. The molecule has 0 saturated carbocycles. The highest BCUT2D eigenvalue weighted by atomic mass is 32.1. The molecule has 2 heterocycles. The number of fused-ring (bicyclic) bond motifs is 1. The van der Waals surface area contributed by atoms with Gasteiger partial charge in [0.05, 0.1) is 11.4 Å². The molecule has 5 aromatic rings. The van der Waals surface area contributed by atoms with E-state index >= 15 is 0 Å². The molecule has 0 amide bonds. The van der Waals surface area contributed by atoms with Crippen LogP contribution in [0.25, 0.3) is 33.4 Å². The molecule has 0 spiro atoms. The number of rotatable bonds is 5. The van der Waals surface area contributed by atoms with Crippen molar-refractivity contribution in [3.05, 3.63) is 113 Å². The molecule has 0 atom stereocenters. The van der Waals surface area contributed by atoms with Gasteiger partial charge >= 0.3 is 0 Å². The largest absolute Gasteiger partial charge is 0.290 e. The van der Waals surface area contributed by atoms with Crippen LogP contribution in [0.5, 0.6) is 0 Å². The van der Waals surface area contributed by atoms with E-state index in [1.165, 1.54) is 12.1 Å². The van der Waals surface area contributed by atoms with Gasteiger partial charge in [0, 0.05) is 22.2 Å². The van der Waals surface area contributed by atoms with Crippen molar-refractivity contribution in [1.82, 2.24) is 9.38 Å². The lowest BCUT2D eigenvalue weighted by Crippen LogP contribution is -1.95. The Morgan fingerprint density at radius 2 is 1.56 bits per heavy atom. The molecule has 0 radical (unpaired) electrons. The Kier molecular flexibility index (Phi) is 5.25. The third kappa shape index (κ3) is 3.90. The van der Waals surface area contributed by atoms with Gasteiger partial charge in [0.2, 0.25) is 0 Å². The van der Waals surface area contributed by atoms with Crippen LogP contribution in [0.1, 0.15) is 20.9 Å². The molecular formula is C27H19FN2OS. The molecule has 0 unspecified atom stereocenters. The first-order chi connectivity index (χ1) is 15.6. The van der Waals surface area contributed by atoms with E-state index in [2.05, 4.69) is 0 Å². The molecular weight excluding hydrogens is 419 g/mol. The number of aromatic nitrogens is 2. The molecule has 3 aromatic carbocycles. The molecule has 0 aliphatic heterocycles. The zero-order valence-corrected chi connectivity index (χ0v) is 18.1. The Balaban J connectivity index is 1.47. The minimum Gasteiger partial charge on any atom is -0.290 e. The van der Waals surface area contributed by atoms with E-state index in [-0.39, 0.29) is 11.6 Å². The highest BCUT2D eigenvalue weighted by molar-refractivity contribution is 7.17. The van der Waals surface area contributed by atoms with Crippen LogP contribution in [-0.2, 0) is 0 Å². The Bertz CT molecular complexity index is 1430. The van der Waals surface area contributed by atoms with Crippen LogP contribution in [0, 0.1) is 12.7 Å². The number of aryl methyl sites for hydroxylation is 1. The fourth-order valence-electron chi connectivity index (χ4n) is 3.66. The van der Waals surface area contributed by atoms with E-state index in [1.54, 1.807) is 35.6 Å². The molecule has 3 nitrogen and oxygen atoms in total. The molecule has 5 rings (SSSR count). The van der Waals surface area contributed by atoms with Crippen molar-refractivity contribution in [3.8, 4) is 22.4 Å². The lowest BCUT2D eigenvalue weighted by Gasteiger charge is -2.03. The van der Waals surface area contributed by atoms with Crippen molar-refractivity contribution in [1.29, 1.82) is 0 Å². The number of ketones is 1. The summed E-state index contributed by atoms with van der Waals surface area (Å²) in [4.78, 5) is 19.5. The molecule has 0 N–H and O–H groups in total. The van der Waals surface area contributed by atoms with E-state index in [4.69, 9.17) is 4.98 Å². The topological polar surface area (TPSA) is 34.4 Å². The number of carbonyl (C=O) groups excluding carboxylic acids is 1. The van der Waals surface area contributed by atoms with E-state index in [0.717, 1.165) is 37.9 Å². The van der Waals surface area contributed by atoms with Gasteiger partial charge in [-0.1, -0.05) is 54.6 Å². The molecule has 0 aliphatic carbocycles. The van der Waals surface area contributed by atoms with Gasteiger partial charge in [-0.2, -0.15) is 0 Å². The molecule has 0 fully saturated rings. The zero-order valence-electron chi connectivity index (χ0n) is 17.3. The van der Waals surface area contributed by atoms with Crippen molar-refractivity contribution in [2.24, 2.45) is 0 Å². The van der Waals surface area contributed by atoms with Crippen LogP contribution in [0.15, 0.2) is 91.1 Å². The Hall–Kier alpha value is -3.83. The predicted molar refractivity (Wildman–Crippen MR) is 128 cm³/mol. The average Bonchev–Trinajstić information content (AvgIpc) is 3.34. The van der Waals surface area contributed by atoms with Gasteiger partial charge < -0.3 is 0 Å². The van der Waals surface area contributed by atoms with E-state index < -0.39 is 0 Å². The number of thiazole rings is 1. The van der Waals surface area contributed by atoms with Gasteiger partial charge in [0.1, 0.15) is 5.82 Å². The summed E-state index contributed by atoms with van der Waals surface area (Å²) in [5.41, 5.74) is 5.12. The van der Waals surface area contributed by atoms with Crippen LogP contribution in [0.3, 0.4) is 0 Å².